The van der Waals surface area contributed by atoms with Gasteiger partial charge in [0.25, 0.3) is 11.8 Å². The number of rotatable bonds is 5. The maximum absolute atomic E-state index is 14.5. The molecule has 4 atom stereocenters. The Morgan fingerprint density at radius 3 is 2.58 bits per heavy atom. The average molecular weight is 474 g/mol. The molecule has 2 heterocycles. The van der Waals surface area contributed by atoms with Crippen molar-refractivity contribution in [3.05, 3.63) is 53.3 Å². The lowest BCUT2D eigenvalue weighted by molar-refractivity contribution is -0.272. The third-order valence-electron chi connectivity index (χ3n) is 5.78. The molecule has 12 heteroatoms. The van der Waals surface area contributed by atoms with Gasteiger partial charge in [0.2, 0.25) is 5.82 Å². The van der Waals surface area contributed by atoms with Crippen LogP contribution in [-0.2, 0) is 9.53 Å². The number of hydrogen-bond donors (Lipinski definition) is 2. The van der Waals surface area contributed by atoms with E-state index in [1.807, 2.05) is 0 Å². The van der Waals surface area contributed by atoms with Crippen molar-refractivity contribution in [2.45, 2.75) is 37.6 Å². The minimum absolute atomic E-state index is 0.0113. The summed E-state index contributed by atoms with van der Waals surface area (Å²) in [6.45, 7) is 1.89. The minimum atomic E-state index is -4.94. The number of primary amides is 1. The normalized spacial score (nSPS) is 25.5. The fraction of sp³-hybridized carbons (Fsp3) is 0.381. The van der Waals surface area contributed by atoms with Crippen LogP contribution in [-0.4, -0.2) is 41.8 Å². The smallest absolute Gasteiger partial charge is 0.417 e. The Morgan fingerprint density at radius 2 is 2.00 bits per heavy atom. The van der Waals surface area contributed by atoms with Gasteiger partial charge < -0.3 is 20.5 Å². The van der Waals surface area contributed by atoms with E-state index in [-0.39, 0.29) is 16.9 Å². The molecule has 33 heavy (non-hydrogen) atoms. The van der Waals surface area contributed by atoms with E-state index in [1.54, 1.807) is 0 Å². The quantitative estimate of drug-likeness (QED) is 0.646. The highest BCUT2D eigenvalue weighted by atomic mass is 19.4. The van der Waals surface area contributed by atoms with Crippen molar-refractivity contribution >= 4 is 17.5 Å². The van der Waals surface area contributed by atoms with Gasteiger partial charge in [0.15, 0.2) is 17.2 Å². The molecule has 3 rings (SSSR count). The summed E-state index contributed by atoms with van der Waals surface area (Å²) in [6, 6.07) is 2.25. The Labute approximate surface area is 186 Å². The van der Waals surface area contributed by atoms with Crippen LogP contribution >= 0.6 is 0 Å². The number of nitrogens with one attached hydrogen (secondary N) is 1. The van der Waals surface area contributed by atoms with Crippen LogP contribution < -0.4 is 15.8 Å². The van der Waals surface area contributed by atoms with Crippen LogP contribution in [0, 0.1) is 17.6 Å². The molecule has 1 aliphatic heterocycles. The predicted molar refractivity (Wildman–Crippen MR) is 106 cm³/mol. The van der Waals surface area contributed by atoms with E-state index in [1.165, 1.54) is 6.07 Å². The Hall–Kier alpha value is -3.28. The molecule has 0 bridgehead atoms. The molecule has 0 saturated carbocycles. The summed E-state index contributed by atoms with van der Waals surface area (Å²) < 4.78 is 88.2. The van der Waals surface area contributed by atoms with Gasteiger partial charge in [-0.1, -0.05) is 13.0 Å². The van der Waals surface area contributed by atoms with Crippen molar-refractivity contribution in [3.63, 3.8) is 0 Å². The van der Waals surface area contributed by atoms with Crippen LogP contribution in [0.1, 0.15) is 37.2 Å². The SMILES string of the molecule is [2H]c1cc([C@H]2[C@H](C(=O)Nc3ccnc(C(N)=O)c3)O[C@@](C)(C(F)(F)F)[C@H]2C)c(OC)c(F)c1F. The van der Waals surface area contributed by atoms with Crippen molar-refractivity contribution in [2.24, 2.45) is 11.7 Å². The van der Waals surface area contributed by atoms with Gasteiger partial charge >= 0.3 is 6.18 Å². The van der Waals surface area contributed by atoms with Crippen LogP contribution in [0.15, 0.2) is 30.4 Å². The summed E-state index contributed by atoms with van der Waals surface area (Å²) in [5.41, 5.74) is 1.74. The Bertz CT molecular complexity index is 1150. The molecule has 0 aliphatic carbocycles. The molecule has 1 aromatic heterocycles. The van der Waals surface area contributed by atoms with Gasteiger partial charge in [-0.15, -0.1) is 0 Å². The number of nitrogens with zero attached hydrogens (tertiary/aromatic N) is 1. The Morgan fingerprint density at radius 1 is 1.33 bits per heavy atom. The van der Waals surface area contributed by atoms with E-state index < -0.39 is 65.0 Å². The zero-order valence-electron chi connectivity index (χ0n) is 18.6. The number of anilines is 1. The summed E-state index contributed by atoms with van der Waals surface area (Å²) in [7, 11) is 0.978. The van der Waals surface area contributed by atoms with Gasteiger partial charge in [-0.05, 0) is 25.1 Å². The van der Waals surface area contributed by atoms with E-state index in [0.29, 0.717) is 0 Å². The number of carbonyl (C=O) groups excluding carboxylic acids is 2. The number of pyridine rings is 1. The fourth-order valence-electron chi connectivity index (χ4n) is 3.83. The first-order chi connectivity index (χ1) is 15.7. The molecule has 1 saturated heterocycles. The molecule has 1 aromatic carbocycles. The predicted octanol–water partition coefficient (Wildman–Crippen LogP) is 3.55. The first-order valence-electron chi connectivity index (χ1n) is 10.1. The minimum Gasteiger partial charge on any atom is -0.493 e. The maximum Gasteiger partial charge on any atom is 0.417 e. The van der Waals surface area contributed by atoms with E-state index in [9.17, 15) is 31.5 Å². The second-order valence-corrected chi connectivity index (χ2v) is 7.65. The first kappa shape index (κ1) is 22.9. The van der Waals surface area contributed by atoms with Crippen molar-refractivity contribution < 1.29 is 42.4 Å². The number of aromatic nitrogens is 1. The van der Waals surface area contributed by atoms with Gasteiger partial charge in [-0.2, -0.15) is 17.6 Å². The van der Waals surface area contributed by atoms with Crippen LogP contribution in [0.25, 0.3) is 0 Å². The number of hydrogen-bond acceptors (Lipinski definition) is 5. The summed E-state index contributed by atoms with van der Waals surface area (Å²) in [4.78, 5) is 28.1. The Kier molecular flexibility index (Phi) is 5.95. The Balaban J connectivity index is 2.12. The molecule has 2 aromatic rings. The molecule has 0 unspecified atom stereocenters. The molecule has 178 valence electrons. The molecule has 1 fully saturated rings. The highest BCUT2D eigenvalue weighted by molar-refractivity contribution is 5.97. The lowest BCUT2D eigenvalue weighted by Crippen LogP contribution is -2.47. The molecule has 2 amide bonds. The largest absolute Gasteiger partial charge is 0.493 e. The molecule has 7 nitrogen and oxygen atoms in total. The number of ether oxygens (including phenoxy) is 2. The summed E-state index contributed by atoms with van der Waals surface area (Å²) in [6.07, 6.45) is -5.65. The summed E-state index contributed by atoms with van der Waals surface area (Å²) in [5, 5.41) is 2.33. The topological polar surface area (TPSA) is 104 Å². The van der Waals surface area contributed by atoms with E-state index >= 15 is 0 Å². The van der Waals surface area contributed by atoms with E-state index in [2.05, 4.69) is 10.3 Å². The molecular weight excluding hydrogens is 453 g/mol. The highest BCUT2D eigenvalue weighted by Gasteiger charge is 2.65. The summed E-state index contributed by atoms with van der Waals surface area (Å²) >= 11 is 0. The average Bonchev–Trinajstić information content (AvgIpc) is 3.04. The monoisotopic (exact) mass is 474 g/mol. The van der Waals surface area contributed by atoms with Crippen molar-refractivity contribution in [2.75, 3.05) is 12.4 Å². The lowest BCUT2D eigenvalue weighted by atomic mass is 9.77. The fourth-order valence-corrected chi connectivity index (χ4v) is 3.83. The van der Waals surface area contributed by atoms with Gasteiger partial charge in [-0.25, -0.2) is 4.39 Å². The van der Waals surface area contributed by atoms with Crippen LogP contribution in [0.3, 0.4) is 0 Å². The van der Waals surface area contributed by atoms with Crippen LogP contribution in [0.2, 0.25) is 0 Å². The van der Waals surface area contributed by atoms with Gasteiger partial charge in [-0.3, -0.25) is 14.6 Å². The van der Waals surface area contributed by atoms with Crippen LogP contribution in [0.4, 0.5) is 27.6 Å². The summed E-state index contributed by atoms with van der Waals surface area (Å²) in [5.74, 6) is -8.81. The second kappa shape index (κ2) is 8.58. The van der Waals surface area contributed by atoms with Crippen molar-refractivity contribution in [1.82, 2.24) is 4.98 Å². The lowest BCUT2D eigenvalue weighted by Gasteiger charge is -2.32. The number of nitrogens with two attached hydrogens (primary N) is 1. The number of methoxy groups -OCH3 is 1. The van der Waals surface area contributed by atoms with Crippen molar-refractivity contribution in [1.29, 1.82) is 0 Å². The molecular formula is C21H20F5N3O4. The van der Waals surface area contributed by atoms with Crippen LogP contribution in [0.5, 0.6) is 5.75 Å². The number of carbonyl (C=O) groups is 2. The molecule has 0 radical (unpaired) electrons. The van der Waals surface area contributed by atoms with Gasteiger partial charge in [0, 0.05) is 29.3 Å². The third-order valence-corrected chi connectivity index (χ3v) is 5.78. The third kappa shape index (κ3) is 4.22. The molecule has 0 spiro atoms. The molecule has 3 N–H and O–H groups in total. The maximum atomic E-state index is 14.5. The van der Waals surface area contributed by atoms with E-state index in [0.717, 1.165) is 39.3 Å². The number of halogens is 5. The zero-order valence-corrected chi connectivity index (χ0v) is 17.6. The number of alkyl halides is 3. The van der Waals surface area contributed by atoms with Gasteiger partial charge in [0.05, 0.1) is 8.48 Å². The molecule has 1 aliphatic rings. The standard InChI is InChI=1S/C21H20F5N3O4/c1-9-14(11-4-5-12(22)15(23)16(11)32-3)17(33-20(9,2)21(24,25)26)19(31)29-10-6-7-28-13(8-10)18(27)30/h4-9,14,17H,1-3H3,(H2,27,30)(H,28,29,31)/t9-,14-,17+,20+/m0/s1/i5D. The number of amides is 2. The van der Waals surface area contributed by atoms with Crippen molar-refractivity contribution in [3.8, 4) is 5.75 Å². The second-order valence-electron chi connectivity index (χ2n) is 7.65. The highest BCUT2D eigenvalue weighted by Crippen LogP contribution is 2.55. The van der Waals surface area contributed by atoms with E-state index in [4.69, 9.17) is 16.6 Å². The first-order valence-corrected chi connectivity index (χ1v) is 9.56. The van der Waals surface area contributed by atoms with Gasteiger partial charge in [0.1, 0.15) is 11.8 Å². The number of benzene rings is 1. The zero-order chi connectivity index (χ0) is 25.6.